The third-order valence-electron chi connectivity index (χ3n) is 2.99. The van der Waals surface area contributed by atoms with Crippen LogP contribution in [-0.4, -0.2) is 20.8 Å². The first kappa shape index (κ1) is 12.6. The molecular formula is C14H18N2O2. The first-order valence-corrected chi connectivity index (χ1v) is 6.13. The lowest BCUT2D eigenvalue weighted by molar-refractivity contribution is 0.299. The van der Waals surface area contributed by atoms with E-state index in [1.54, 1.807) is 21.5 Å². The molecule has 1 aromatic carbocycles. The molecule has 96 valence electrons. The van der Waals surface area contributed by atoms with E-state index in [1.807, 2.05) is 38.1 Å². The molecule has 0 saturated heterocycles. The fraction of sp³-hybridized carbons (Fsp3) is 0.357. The largest absolute Gasteiger partial charge is 0.396 e. The summed E-state index contributed by atoms with van der Waals surface area (Å²) in [6.07, 6.45) is 4.12. The number of imidazole rings is 1. The topological polar surface area (TPSA) is 47.2 Å². The molecular weight excluding hydrogens is 228 g/mol. The second kappa shape index (κ2) is 5.23. The van der Waals surface area contributed by atoms with Crippen molar-refractivity contribution in [3.8, 4) is 5.69 Å². The molecule has 0 amide bonds. The van der Waals surface area contributed by atoms with Crippen LogP contribution in [-0.2, 0) is 6.42 Å². The standard InChI is InChI=1S/C14H18N2O2/c1-11(2)15-8-9-16(14(15)18)13-6-4-3-5-12(13)7-10-17/h3-6,8-9,11,17H,7,10H2,1-2H3. The van der Waals surface area contributed by atoms with Gasteiger partial charge < -0.3 is 5.11 Å². The van der Waals surface area contributed by atoms with Crippen molar-refractivity contribution >= 4 is 0 Å². The second-order valence-corrected chi connectivity index (χ2v) is 4.55. The molecule has 0 aliphatic heterocycles. The van der Waals surface area contributed by atoms with Crippen LogP contribution in [0.2, 0.25) is 0 Å². The van der Waals surface area contributed by atoms with Gasteiger partial charge in [-0.3, -0.25) is 9.13 Å². The van der Waals surface area contributed by atoms with Gasteiger partial charge in [0.1, 0.15) is 0 Å². The second-order valence-electron chi connectivity index (χ2n) is 4.55. The lowest BCUT2D eigenvalue weighted by atomic mass is 10.1. The molecule has 0 fully saturated rings. The van der Waals surface area contributed by atoms with Crippen molar-refractivity contribution in [2.24, 2.45) is 0 Å². The molecule has 0 aliphatic rings. The van der Waals surface area contributed by atoms with Crippen molar-refractivity contribution in [1.29, 1.82) is 0 Å². The van der Waals surface area contributed by atoms with Gasteiger partial charge in [-0.25, -0.2) is 4.79 Å². The highest BCUT2D eigenvalue weighted by Crippen LogP contribution is 2.14. The minimum Gasteiger partial charge on any atom is -0.396 e. The van der Waals surface area contributed by atoms with Crippen LogP contribution >= 0.6 is 0 Å². The van der Waals surface area contributed by atoms with Crippen molar-refractivity contribution in [2.45, 2.75) is 26.3 Å². The smallest absolute Gasteiger partial charge is 0.332 e. The summed E-state index contributed by atoms with van der Waals surface area (Å²) in [5.74, 6) is 0. The number of hydrogen-bond donors (Lipinski definition) is 1. The van der Waals surface area contributed by atoms with Crippen molar-refractivity contribution in [3.05, 3.63) is 52.7 Å². The molecule has 0 unspecified atom stereocenters. The zero-order chi connectivity index (χ0) is 13.1. The van der Waals surface area contributed by atoms with Crippen LogP contribution in [0.3, 0.4) is 0 Å². The van der Waals surface area contributed by atoms with Crippen molar-refractivity contribution in [3.63, 3.8) is 0 Å². The Bertz CT molecular complexity index is 581. The molecule has 1 aromatic heterocycles. The molecule has 0 saturated carbocycles. The molecule has 0 spiro atoms. The molecule has 0 atom stereocenters. The molecule has 4 nitrogen and oxygen atoms in total. The van der Waals surface area contributed by atoms with Gasteiger partial charge in [0.2, 0.25) is 0 Å². The normalized spacial score (nSPS) is 11.1. The third-order valence-corrected chi connectivity index (χ3v) is 2.99. The van der Waals surface area contributed by atoms with Crippen molar-refractivity contribution in [1.82, 2.24) is 9.13 Å². The van der Waals surface area contributed by atoms with Crippen LogP contribution in [0.5, 0.6) is 0 Å². The monoisotopic (exact) mass is 246 g/mol. The van der Waals surface area contributed by atoms with Crippen LogP contribution in [0, 0.1) is 0 Å². The zero-order valence-corrected chi connectivity index (χ0v) is 10.7. The third kappa shape index (κ3) is 2.24. The Kier molecular flexibility index (Phi) is 3.67. The number of aromatic nitrogens is 2. The zero-order valence-electron chi connectivity index (χ0n) is 10.7. The van der Waals surface area contributed by atoms with E-state index >= 15 is 0 Å². The quantitative estimate of drug-likeness (QED) is 0.893. The van der Waals surface area contributed by atoms with Gasteiger partial charge >= 0.3 is 5.69 Å². The van der Waals surface area contributed by atoms with E-state index in [4.69, 9.17) is 5.11 Å². The van der Waals surface area contributed by atoms with Crippen LogP contribution < -0.4 is 5.69 Å². The van der Waals surface area contributed by atoms with Gasteiger partial charge in [-0.05, 0) is 31.9 Å². The van der Waals surface area contributed by atoms with E-state index in [1.165, 1.54) is 0 Å². The average Bonchev–Trinajstić information content (AvgIpc) is 2.72. The Hall–Kier alpha value is -1.81. The van der Waals surface area contributed by atoms with Crippen LogP contribution in [0.25, 0.3) is 5.69 Å². The number of para-hydroxylation sites is 1. The minimum atomic E-state index is -0.0459. The van der Waals surface area contributed by atoms with E-state index in [2.05, 4.69) is 0 Å². The van der Waals surface area contributed by atoms with Crippen LogP contribution in [0.4, 0.5) is 0 Å². The van der Waals surface area contributed by atoms with Gasteiger partial charge in [0.05, 0.1) is 5.69 Å². The van der Waals surface area contributed by atoms with Crippen molar-refractivity contribution in [2.75, 3.05) is 6.61 Å². The summed E-state index contributed by atoms with van der Waals surface area (Å²) in [4.78, 5) is 12.2. The lowest BCUT2D eigenvalue weighted by Gasteiger charge is -2.09. The summed E-state index contributed by atoms with van der Waals surface area (Å²) in [5.41, 5.74) is 1.77. The molecule has 4 heteroatoms. The predicted octanol–water partition coefficient (Wildman–Crippen LogP) is 1.75. The summed E-state index contributed by atoms with van der Waals surface area (Å²) >= 11 is 0. The molecule has 0 bridgehead atoms. The van der Waals surface area contributed by atoms with Gasteiger partial charge in [0.15, 0.2) is 0 Å². The van der Waals surface area contributed by atoms with Gasteiger partial charge in [-0.2, -0.15) is 0 Å². The van der Waals surface area contributed by atoms with Gasteiger partial charge in [-0.1, -0.05) is 18.2 Å². The van der Waals surface area contributed by atoms with Gasteiger partial charge in [-0.15, -0.1) is 0 Å². The maximum Gasteiger partial charge on any atom is 0.332 e. The Morgan fingerprint density at radius 2 is 1.94 bits per heavy atom. The van der Waals surface area contributed by atoms with Crippen LogP contribution in [0.1, 0.15) is 25.5 Å². The molecule has 0 aliphatic carbocycles. The molecule has 1 N–H and O–H groups in total. The van der Waals surface area contributed by atoms with E-state index in [9.17, 15) is 4.79 Å². The Labute approximate surface area is 106 Å². The summed E-state index contributed by atoms with van der Waals surface area (Å²) < 4.78 is 3.32. The van der Waals surface area contributed by atoms with E-state index in [0.717, 1.165) is 11.3 Å². The van der Waals surface area contributed by atoms with Crippen LogP contribution in [0.15, 0.2) is 41.5 Å². The number of aliphatic hydroxyl groups excluding tert-OH is 1. The molecule has 0 radical (unpaired) electrons. The summed E-state index contributed by atoms with van der Waals surface area (Å²) in [5, 5.41) is 9.06. The molecule has 1 heterocycles. The fourth-order valence-corrected chi connectivity index (χ4v) is 2.04. The first-order chi connectivity index (χ1) is 8.65. The highest BCUT2D eigenvalue weighted by molar-refractivity contribution is 5.41. The fourth-order valence-electron chi connectivity index (χ4n) is 2.04. The highest BCUT2D eigenvalue weighted by atomic mass is 16.3. The summed E-state index contributed by atoms with van der Waals surface area (Å²) in [6.45, 7) is 4.04. The number of benzene rings is 1. The lowest BCUT2D eigenvalue weighted by Crippen LogP contribution is -2.24. The van der Waals surface area contributed by atoms with E-state index < -0.39 is 0 Å². The summed E-state index contributed by atoms with van der Waals surface area (Å²) in [6, 6.07) is 7.79. The van der Waals surface area contributed by atoms with Crippen molar-refractivity contribution < 1.29 is 5.11 Å². The summed E-state index contributed by atoms with van der Waals surface area (Å²) in [7, 11) is 0. The molecule has 18 heavy (non-hydrogen) atoms. The number of nitrogens with zero attached hydrogens (tertiary/aromatic N) is 2. The minimum absolute atomic E-state index is 0.0459. The number of rotatable bonds is 4. The van der Waals surface area contributed by atoms with Gasteiger partial charge in [0.25, 0.3) is 0 Å². The maximum atomic E-state index is 12.2. The number of aliphatic hydroxyl groups is 1. The Morgan fingerprint density at radius 1 is 1.22 bits per heavy atom. The SMILES string of the molecule is CC(C)n1ccn(-c2ccccc2CCO)c1=O. The highest BCUT2D eigenvalue weighted by Gasteiger charge is 2.10. The maximum absolute atomic E-state index is 12.2. The van der Waals surface area contributed by atoms with Gasteiger partial charge in [0, 0.05) is 25.0 Å². The Morgan fingerprint density at radius 3 is 2.56 bits per heavy atom. The molecule has 2 aromatic rings. The first-order valence-electron chi connectivity index (χ1n) is 6.13. The average molecular weight is 246 g/mol. The Balaban J connectivity index is 2.52. The van der Waals surface area contributed by atoms with E-state index in [0.29, 0.717) is 6.42 Å². The number of hydrogen-bond acceptors (Lipinski definition) is 2. The predicted molar refractivity (Wildman–Crippen MR) is 71.2 cm³/mol. The molecule has 2 rings (SSSR count). The van der Waals surface area contributed by atoms with E-state index in [-0.39, 0.29) is 18.3 Å².